The second kappa shape index (κ2) is 9.39. The second-order valence-corrected chi connectivity index (χ2v) is 10.1. The van der Waals surface area contributed by atoms with Gasteiger partial charge in [0.25, 0.3) is 0 Å². The Hall–Kier alpha value is -2.41. The number of hydrogen-bond donors (Lipinski definition) is 2. The van der Waals surface area contributed by atoms with Gasteiger partial charge in [0.05, 0.1) is 12.7 Å². The van der Waals surface area contributed by atoms with E-state index in [0.29, 0.717) is 47.6 Å². The number of ether oxygens (including phenoxy) is 2. The average molecular weight is 446 g/mol. The molecule has 0 bridgehead atoms. The molecule has 0 aromatic heterocycles. The van der Waals surface area contributed by atoms with E-state index in [1.165, 1.54) is 7.11 Å². The lowest BCUT2D eigenvalue weighted by Crippen LogP contribution is -2.38. The van der Waals surface area contributed by atoms with Gasteiger partial charge in [-0.15, -0.1) is 0 Å². The van der Waals surface area contributed by atoms with Crippen LogP contribution in [0, 0.1) is 5.41 Å². The van der Waals surface area contributed by atoms with Crippen molar-refractivity contribution >= 4 is 23.5 Å². The van der Waals surface area contributed by atoms with Crippen molar-refractivity contribution in [1.29, 1.82) is 0 Å². The van der Waals surface area contributed by atoms with Gasteiger partial charge in [-0.1, -0.05) is 26.8 Å². The molecular formula is C24H31NO5S. The first-order valence-corrected chi connectivity index (χ1v) is 11.7. The molecule has 0 spiro atoms. The number of carbonyl (C=O) groups is 2. The standard InChI is InChI=1S/C24H31NO5S/c1-6-31-10-9-30-23(28)20-14(2)25-16-12-24(3,4)13-18(27)22(16)21(20)15-7-8-19(29-5)17(26)11-15/h7-8,11,21,25-26H,6,9-10,12-13H2,1-5H3. The predicted octanol–water partition coefficient (Wildman–Crippen LogP) is 4.30. The number of hydrogen-bond acceptors (Lipinski definition) is 7. The van der Waals surface area contributed by atoms with Gasteiger partial charge in [0.15, 0.2) is 17.3 Å². The maximum Gasteiger partial charge on any atom is 0.336 e. The van der Waals surface area contributed by atoms with Crippen LogP contribution >= 0.6 is 11.8 Å². The number of ketones is 1. The molecule has 0 fully saturated rings. The Bertz CT molecular complexity index is 947. The molecular weight excluding hydrogens is 414 g/mol. The van der Waals surface area contributed by atoms with Crippen LogP contribution in [0.3, 0.4) is 0 Å². The Morgan fingerprint density at radius 2 is 2.06 bits per heavy atom. The number of phenolic OH excluding ortho intramolecular Hbond substituents is 1. The van der Waals surface area contributed by atoms with Gasteiger partial charge in [-0.3, -0.25) is 4.79 Å². The Kier molecular flexibility index (Phi) is 7.04. The van der Waals surface area contributed by atoms with Gasteiger partial charge >= 0.3 is 5.97 Å². The molecule has 1 aliphatic heterocycles. The molecule has 2 N–H and O–H groups in total. The first-order valence-electron chi connectivity index (χ1n) is 10.5. The highest BCUT2D eigenvalue weighted by Gasteiger charge is 2.43. The van der Waals surface area contributed by atoms with Crippen molar-refractivity contribution in [3.05, 3.63) is 46.3 Å². The number of allylic oxidation sites excluding steroid dienone is 3. The molecule has 7 heteroatoms. The van der Waals surface area contributed by atoms with Crippen LogP contribution in [0.2, 0.25) is 0 Å². The van der Waals surface area contributed by atoms with E-state index in [1.807, 2.05) is 6.92 Å². The van der Waals surface area contributed by atoms with Crippen LogP contribution in [0.5, 0.6) is 11.5 Å². The lowest BCUT2D eigenvalue weighted by Gasteiger charge is -2.39. The molecule has 1 heterocycles. The zero-order valence-electron chi connectivity index (χ0n) is 18.8. The summed E-state index contributed by atoms with van der Waals surface area (Å²) in [6, 6.07) is 5.01. The molecule has 2 aliphatic rings. The number of aromatic hydroxyl groups is 1. The number of thioether (sulfide) groups is 1. The minimum Gasteiger partial charge on any atom is -0.504 e. The third-order valence-corrected chi connectivity index (χ3v) is 6.52. The highest BCUT2D eigenvalue weighted by atomic mass is 32.2. The minimum absolute atomic E-state index is 0.0124. The molecule has 1 aliphatic carbocycles. The van der Waals surface area contributed by atoms with Crippen molar-refractivity contribution in [2.24, 2.45) is 5.41 Å². The van der Waals surface area contributed by atoms with E-state index in [2.05, 4.69) is 26.1 Å². The number of Topliss-reactive ketones (excluding diaryl/α,β-unsaturated/α-hetero) is 1. The predicted molar refractivity (Wildman–Crippen MR) is 122 cm³/mol. The molecule has 3 rings (SSSR count). The largest absolute Gasteiger partial charge is 0.504 e. The van der Waals surface area contributed by atoms with Crippen LogP contribution in [0.1, 0.15) is 52.0 Å². The average Bonchev–Trinajstić information content (AvgIpc) is 2.69. The molecule has 1 unspecified atom stereocenters. The van der Waals surface area contributed by atoms with Gasteiger partial charge in [0.1, 0.15) is 6.61 Å². The number of rotatable bonds is 7. The quantitative estimate of drug-likeness (QED) is 0.478. The molecule has 0 saturated heterocycles. The van der Waals surface area contributed by atoms with Crippen molar-refractivity contribution in [3.8, 4) is 11.5 Å². The van der Waals surface area contributed by atoms with Gasteiger partial charge in [-0.05, 0) is 42.2 Å². The highest BCUT2D eigenvalue weighted by molar-refractivity contribution is 7.99. The fourth-order valence-corrected chi connectivity index (χ4v) is 4.83. The molecule has 168 valence electrons. The van der Waals surface area contributed by atoms with Crippen LogP contribution in [0.15, 0.2) is 40.7 Å². The highest BCUT2D eigenvalue weighted by Crippen LogP contribution is 2.47. The van der Waals surface area contributed by atoms with E-state index in [-0.39, 0.29) is 16.9 Å². The molecule has 1 atom stereocenters. The summed E-state index contributed by atoms with van der Waals surface area (Å²) >= 11 is 1.70. The van der Waals surface area contributed by atoms with Crippen LogP contribution in [-0.2, 0) is 14.3 Å². The monoisotopic (exact) mass is 445 g/mol. The summed E-state index contributed by atoms with van der Waals surface area (Å²) in [5.41, 5.74) is 3.03. The number of nitrogens with one attached hydrogen (secondary N) is 1. The molecule has 0 amide bonds. The van der Waals surface area contributed by atoms with Crippen LogP contribution in [0.4, 0.5) is 0 Å². The fraction of sp³-hybridized carbons (Fsp3) is 0.500. The summed E-state index contributed by atoms with van der Waals surface area (Å²) in [7, 11) is 1.48. The van der Waals surface area contributed by atoms with E-state index in [1.54, 1.807) is 30.0 Å². The summed E-state index contributed by atoms with van der Waals surface area (Å²) in [6.45, 7) is 8.34. The van der Waals surface area contributed by atoms with Gasteiger partial charge < -0.3 is 19.9 Å². The maximum absolute atomic E-state index is 13.2. The number of dihydropyridines is 1. The maximum atomic E-state index is 13.2. The first kappa shape index (κ1) is 23.3. The normalized spacial score (nSPS) is 20.3. The molecule has 1 aromatic carbocycles. The number of benzene rings is 1. The zero-order valence-corrected chi connectivity index (χ0v) is 19.6. The first-order chi connectivity index (χ1) is 14.7. The summed E-state index contributed by atoms with van der Waals surface area (Å²) in [6.07, 6.45) is 1.11. The number of carbonyl (C=O) groups excluding carboxylic acids is 2. The third kappa shape index (κ3) is 4.92. The number of esters is 1. The van der Waals surface area contributed by atoms with Gasteiger partial charge in [-0.2, -0.15) is 11.8 Å². The van der Waals surface area contributed by atoms with E-state index < -0.39 is 11.9 Å². The SMILES string of the molecule is CCSCCOC(=O)C1=C(C)NC2=C(C(=O)CC(C)(C)C2)C1c1ccc(OC)c(O)c1. The molecule has 0 radical (unpaired) electrons. The van der Waals surface area contributed by atoms with Crippen molar-refractivity contribution in [3.63, 3.8) is 0 Å². The van der Waals surface area contributed by atoms with Crippen molar-refractivity contribution in [2.75, 3.05) is 25.2 Å². The van der Waals surface area contributed by atoms with Gasteiger partial charge in [0, 0.05) is 35.1 Å². The van der Waals surface area contributed by atoms with E-state index in [0.717, 1.165) is 17.2 Å². The Labute approximate surface area is 188 Å². The van der Waals surface area contributed by atoms with E-state index in [4.69, 9.17) is 9.47 Å². The van der Waals surface area contributed by atoms with Crippen molar-refractivity contribution in [2.45, 2.75) is 46.5 Å². The Morgan fingerprint density at radius 1 is 1.32 bits per heavy atom. The van der Waals surface area contributed by atoms with Crippen LogP contribution < -0.4 is 10.1 Å². The lowest BCUT2D eigenvalue weighted by atomic mass is 9.68. The Morgan fingerprint density at radius 3 is 2.71 bits per heavy atom. The van der Waals surface area contributed by atoms with Crippen molar-refractivity contribution in [1.82, 2.24) is 5.32 Å². The van der Waals surface area contributed by atoms with Gasteiger partial charge in [0.2, 0.25) is 0 Å². The lowest BCUT2D eigenvalue weighted by molar-refractivity contribution is -0.138. The molecule has 6 nitrogen and oxygen atoms in total. The summed E-state index contributed by atoms with van der Waals surface area (Å²) in [5.74, 6) is 0.956. The third-order valence-electron chi connectivity index (χ3n) is 5.66. The number of phenols is 1. The van der Waals surface area contributed by atoms with E-state index in [9.17, 15) is 14.7 Å². The van der Waals surface area contributed by atoms with Crippen LogP contribution in [-0.4, -0.2) is 42.1 Å². The topological polar surface area (TPSA) is 84.9 Å². The summed E-state index contributed by atoms with van der Waals surface area (Å²) in [5, 5.41) is 13.7. The molecule has 31 heavy (non-hydrogen) atoms. The van der Waals surface area contributed by atoms with E-state index >= 15 is 0 Å². The fourth-order valence-electron chi connectivity index (χ4n) is 4.34. The summed E-state index contributed by atoms with van der Waals surface area (Å²) < 4.78 is 10.7. The molecule has 1 aromatic rings. The smallest absolute Gasteiger partial charge is 0.336 e. The zero-order chi connectivity index (χ0) is 22.8. The van der Waals surface area contributed by atoms with Gasteiger partial charge in [-0.25, -0.2) is 4.79 Å². The molecule has 0 saturated carbocycles. The summed E-state index contributed by atoms with van der Waals surface area (Å²) in [4.78, 5) is 26.4. The van der Waals surface area contributed by atoms with Crippen LogP contribution in [0.25, 0.3) is 0 Å². The van der Waals surface area contributed by atoms with Crippen molar-refractivity contribution < 1.29 is 24.2 Å². The second-order valence-electron chi connectivity index (χ2n) is 8.69. The number of methoxy groups -OCH3 is 1. The Balaban J connectivity index is 2.06. The minimum atomic E-state index is -0.594.